The third-order valence-corrected chi connectivity index (χ3v) is 5.90. The molecule has 0 fully saturated rings. The van der Waals surface area contributed by atoms with Crippen LogP contribution in [0.5, 0.6) is 5.75 Å². The Hall–Kier alpha value is -1.82. The summed E-state index contributed by atoms with van der Waals surface area (Å²) in [5, 5.41) is 14.4. The molecule has 1 aromatic heterocycles. The van der Waals surface area contributed by atoms with Crippen molar-refractivity contribution >= 4 is 90.3 Å². The van der Waals surface area contributed by atoms with E-state index in [4.69, 9.17) is 38.1 Å². The number of phenols is 1. The molecule has 0 aliphatic carbocycles. The first kappa shape index (κ1) is 31.2. The van der Waals surface area contributed by atoms with E-state index in [1.165, 1.54) is 18.2 Å². The van der Waals surface area contributed by atoms with Crippen LogP contribution in [0.4, 0.5) is 0 Å². The van der Waals surface area contributed by atoms with Gasteiger partial charge in [0, 0.05) is 27.1 Å². The van der Waals surface area contributed by atoms with Crippen molar-refractivity contribution in [3.8, 4) is 5.75 Å². The number of nitrogens with two attached hydrogens (primary N) is 1. The third kappa shape index (κ3) is 9.29. The fourth-order valence-electron chi connectivity index (χ4n) is 2.83. The molecule has 0 radical (unpaired) electrons. The van der Waals surface area contributed by atoms with Gasteiger partial charge in [0.15, 0.2) is 5.58 Å². The number of rotatable bonds is 6. The molecule has 0 aliphatic heterocycles. The van der Waals surface area contributed by atoms with Crippen LogP contribution in [0.25, 0.3) is 11.0 Å². The third-order valence-electron chi connectivity index (χ3n) is 4.27. The van der Waals surface area contributed by atoms with Crippen LogP contribution in [0.3, 0.4) is 0 Å². The van der Waals surface area contributed by atoms with Crippen LogP contribution in [0.1, 0.15) is 24.9 Å². The monoisotopic (exact) mass is 672 g/mol. The highest BCUT2D eigenvalue weighted by molar-refractivity contribution is 9.11. The average molecular weight is 676 g/mol. The predicted octanol–water partition coefficient (Wildman–Crippen LogP) is 5.51. The molecule has 13 heteroatoms. The first-order valence-corrected chi connectivity index (χ1v) is 12.1. The van der Waals surface area contributed by atoms with Crippen molar-refractivity contribution in [3.05, 3.63) is 71.4 Å². The molecule has 190 valence electrons. The van der Waals surface area contributed by atoms with Crippen LogP contribution in [0.2, 0.25) is 10.0 Å². The maximum absolute atomic E-state index is 11.6. The van der Waals surface area contributed by atoms with Crippen molar-refractivity contribution in [1.29, 1.82) is 0 Å². The van der Waals surface area contributed by atoms with E-state index in [1.54, 1.807) is 25.1 Å². The number of amides is 1. The number of carbonyl (C=O) groups excluding carboxylic acids is 2. The van der Waals surface area contributed by atoms with Crippen molar-refractivity contribution < 1.29 is 23.8 Å². The molecule has 0 aliphatic rings. The number of nitrogens with one attached hydrogen (secondary N) is 1. The van der Waals surface area contributed by atoms with Gasteiger partial charge in [-0.2, -0.15) is 0 Å². The number of aromatic hydroxyl groups is 1. The van der Waals surface area contributed by atoms with E-state index in [0.29, 0.717) is 30.1 Å². The van der Waals surface area contributed by atoms with Crippen molar-refractivity contribution in [2.24, 2.45) is 5.73 Å². The van der Waals surface area contributed by atoms with Crippen LogP contribution in [0, 0.1) is 0 Å². The largest absolute Gasteiger partial charge is 0.506 e. The molecule has 1 atom stereocenters. The van der Waals surface area contributed by atoms with Crippen LogP contribution >= 0.6 is 67.5 Å². The van der Waals surface area contributed by atoms with Gasteiger partial charge in [-0.3, -0.25) is 9.59 Å². The molecule has 35 heavy (non-hydrogen) atoms. The SMILES string of the molecule is CCOC(=O)CC(NC(=O)CN)c1cc(Cl)cc(Br)c1O.Cl.O=c1ccc2cc(Cl)cc(Br)c2o1. The molecule has 3 rings (SSSR count). The van der Waals surface area contributed by atoms with Crippen LogP contribution in [-0.4, -0.2) is 30.1 Å². The van der Waals surface area contributed by atoms with Crippen molar-refractivity contribution in [1.82, 2.24) is 5.32 Å². The lowest BCUT2D eigenvalue weighted by molar-refractivity contribution is -0.143. The average Bonchev–Trinajstić information content (AvgIpc) is 2.77. The fourth-order valence-corrected chi connectivity index (χ4v) is 4.58. The van der Waals surface area contributed by atoms with E-state index in [2.05, 4.69) is 37.2 Å². The molecular weight excluding hydrogens is 654 g/mol. The number of phenolic OH excluding ortho intramolecular Hbond substituents is 1. The molecule has 0 spiro atoms. The number of fused-ring (bicyclic) bond motifs is 1. The first-order valence-electron chi connectivity index (χ1n) is 9.77. The number of benzene rings is 2. The number of ether oxygens (including phenoxy) is 1. The van der Waals surface area contributed by atoms with Gasteiger partial charge in [-0.05, 0) is 69.1 Å². The Bertz CT molecular complexity index is 1260. The van der Waals surface area contributed by atoms with E-state index >= 15 is 0 Å². The highest BCUT2D eigenvalue weighted by atomic mass is 79.9. The number of hydrogen-bond acceptors (Lipinski definition) is 7. The molecule has 0 saturated carbocycles. The van der Waals surface area contributed by atoms with Gasteiger partial charge < -0.3 is 25.3 Å². The molecule has 4 N–H and O–H groups in total. The van der Waals surface area contributed by atoms with Gasteiger partial charge in [-0.1, -0.05) is 23.2 Å². The summed E-state index contributed by atoms with van der Waals surface area (Å²) in [6, 6.07) is 8.67. The lowest BCUT2D eigenvalue weighted by atomic mass is 10.0. The maximum Gasteiger partial charge on any atom is 0.336 e. The minimum atomic E-state index is -0.782. The van der Waals surface area contributed by atoms with Gasteiger partial charge in [-0.25, -0.2) is 4.79 Å². The second-order valence-corrected chi connectivity index (χ2v) is 9.30. The highest BCUT2D eigenvalue weighted by Crippen LogP contribution is 2.36. The molecule has 2 aromatic carbocycles. The number of esters is 1. The molecular formula is C22H21Br2Cl3N2O6. The standard InChI is InChI=1S/C13H16BrClN2O4.C9H4BrClO2.ClH/c1-2-21-12(19)5-10(17-11(18)6-16)8-3-7(15)4-9(14)13(8)20;10-7-4-6(11)3-5-1-2-8(12)13-9(5)7;/h3-4,10,20H,2,5-6,16H2,1H3,(H,17,18);1-4H;1H. The Morgan fingerprint density at radius 3 is 2.40 bits per heavy atom. The second kappa shape index (κ2) is 14.7. The number of hydrogen-bond donors (Lipinski definition) is 3. The maximum atomic E-state index is 11.6. The Morgan fingerprint density at radius 2 is 1.77 bits per heavy atom. The zero-order valence-electron chi connectivity index (χ0n) is 18.1. The predicted molar refractivity (Wildman–Crippen MR) is 144 cm³/mol. The second-order valence-electron chi connectivity index (χ2n) is 6.72. The zero-order valence-corrected chi connectivity index (χ0v) is 23.6. The molecule has 1 amide bonds. The van der Waals surface area contributed by atoms with Gasteiger partial charge in [0.25, 0.3) is 0 Å². The Kier molecular flexibility index (Phi) is 13.1. The molecule has 8 nitrogen and oxygen atoms in total. The normalized spacial score (nSPS) is 11.0. The minimum absolute atomic E-state index is 0. The van der Waals surface area contributed by atoms with Gasteiger partial charge in [0.05, 0.1) is 34.6 Å². The lowest BCUT2D eigenvalue weighted by Gasteiger charge is -2.20. The summed E-state index contributed by atoms with van der Waals surface area (Å²) < 4.78 is 10.9. The number of halogens is 5. The van der Waals surface area contributed by atoms with E-state index in [9.17, 15) is 19.5 Å². The van der Waals surface area contributed by atoms with Crippen LogP contribution in [0.15, 0.2) is 54.6 Å². The van der Waals surface area contributed by atoms with Gasteiger partial charge in [-0.15, -0.1) is 12.4 Å². The molecule has 1 heterocycles. The Morgan fingerprint density at radius 1 is 1.14 bits per heavy atom. The molecule has 3 aromatic rings. The smallest absolute Gasteiger partial charge is 0.336 e. The molecule has 1 unspecified atom stereocenters. The van der Waals surface area contributed by atoms with E-state index < -0.39 is 17.9 Å². The Labute approximate surface area is 233 Å². The first-order chi connectivity index (χ1) is 16.0. The van der Waals surface area contributed by atoms with Crippen LogP contribution < -0.4 is 16.7 Å². The highest BCUT2D eigenvalue weighted by Gasteiger charge is 2.23. The molecule has 0 bridgehead atoms. The quantitative estimate of drug-likeness (QED) is 0.232. The summed E-state index contributed by atoms with van der Waals surface area (Å²) in [6.07, 6.45) is -0.139. The topological polar surface area (TPSA) is 132 Å². The van der Waals surface area contributed by atoms with E-state index in [0.717, 1.165) is 5.39 Å². The minimum Gasteiger partial charge on any atom is -0.506 e. The summed E-state index contributed by atoms with van der Waals surface area (Å²) in [5.41, 5.74) is 5.73. The van der Waals surface area contributed by atoms with Gasteiger partial charge >= 0.3 is 11.6 Å². The van der Waals surface area contributed by atoms with Gasteiger partial charge in [0.1, 0.15) is 5.75 Å². The molecule has 0 saturated heterocycles. The summed E-state index contributed by atoms with van der Waals surface area (Å²) in [5.74, 6) is -1.07. The summed E-state index contributed by atoms with van der Waals surface area (Å²) in [6.45, 7) is 1.67. The summed E-state index contributed by atoms with van der Waals surface area (Å²) in [4.78, 5) is 34.0. The Balaban J connectivity index is 0.000000374. The van der Waals surface area contributed by atoms with Crippen molar-refractivity contribution in [2.75, 3.05) is 13.2 Å². The summed E-state index contributed by atoms with van der Waals surface area (Å²) >= 11 is 18.2. The van der Waals surface area contributed by atoms with E-state index in [-0.39, 0.29) is 43.4 Å². The van der Waals surface area contributed by atoms with Crippen molar-refractivity contribution in [2.45, 2.75) is 19.4 Å². The van der Waals surface area contributed by atoms with Crippen LogP contribution in [-0.2, 0) is 14.3 Å². The number of carbonyl (C=O) groups is 2. The van der Waals surface area contributed by atoms with Gasteiger partial charge in [0.2, 0.25) is 5.91 Å². The van der Waals surface area contributed by atoms with Crippen molar-refractivity contribution in [3.63, 3.8) is 0 Å². The van der Waals surface area contributed by atoms with E-state index in [1.807, 2.05) is 0 Å². The summed E-state index contributed by atoms with van der Waals surface area (Å²) in [7, 11) is 0. The lowest BCUT2D eigenvalue weighted by Crippen LogP contribution is -2.35. The zero-order chi connectivity index (χ0) is 25.4. The fraction of sp³-hybridized carbons (Fsp3) is 0.227.